The number of carboxylic acids is 1. The Morgan fingerprint density at radius 1 is 1.32 bits per heavy atom. The second-order valence-electron chi connectivity index (χ2n) is 7.33. The highest BCUT2D eigenvalue weighted by Gasteiger charge is 2.35. The summed E-state index contributed by atoms with van der Waals surface area (Å²) in [4.78, 5) is 35.2. The molecular formula is C20H30O5. The lowest BCUT2D eigenvalue weighted by molar-refractivity contribution is -0.140. The van der Waals surface area contributed by atoms with Gasteiger partial charge in [-0.15, -0.1) is 0 Å². The lowest BCUT2D eigenvalue weighted by Gasteiger charge is -2.27. The van der Waals surface area contributed by atoms with Crippen LogP contribution in [-0.4, -0.2) is 34.9 Å². The number of hydrogen-bond acceptors (Lipinski definition) is 4. The minimum absolute atomic E-state index is 0.00445. The van der Waals surface area contributed by atoms with Crippen LogP contribution in [0.5, 0.6) is 0 Å². The normalized spacial score (nSPS) is 23.8. The van der Waals surface area contributed by atoms with Gasteiger partial charge in [0, 0.05) is 24.8 Å². The Kier molecular flexibility index (Phi) is 8.23. The van der Waals surface area contributed by atoms with Gasteiger partial charge in [0.15, 0.2) is 5.78 Å². The molecule has 0 aromatic carbocycles. The van der Waals surface area contributed by atoms with Crippen LogP contribution in [0.1, 0.15) is 66.2 Å². The number of carboxylic acid groups (broad SMARTS) is 1. The van der Waals surface area contributed by atoms with E-state index >= 15 is 0 Å². The molecule has 0 amide bonds. The minimum Gasteiger partial charge on any atom is -0.478 e. The maximum atomic E-state index is 12.4. The summed E-state index contributed by atoms with van der Waals surface area (Å²) in [5.74, 6) is -0.836. The van der Waals surface area contributed by atoms with Gasteiger partial charge in [-0.05, 0) is 52.0 Å². The number of carbonyl (C=O) groups is 3. The van der Waals surface area contributed by atoms with Crippen LogP contribution in [-0.2, 0) is 19.1 Å². The molecule has 1 heterocycles. The van der Waals surface area contributed by atoms with Crippen LogP contribution in [0.4, 0.5) is 0 Å². The van der Waals surface area contributed by atoms with Crippen molar-refractivity contribution in [2.75, 3.05) is 6.61 Å². The molecule has 0 spiro atoms. The number of Topliss-reactive ketones (excluding diaryl/α,β-unsaturated/α-hetero) is 2. The van der Waals surface area contributed by atoms with E-state index in [1.54, 1.807) is 6.92 Å². The van der Waals surface area contributed by atoms with Gasteiger partial charge in [-0.1, -0.05) is 18.6 Å². The fourth-order valence-electron chi connectivity index (χ4n) is 2.86. The van der Waals surface area contributed by atoms with Crippen molar-refractivity contribution in [3.05, 3.63) is 23.3 Å². The van der Waals surface area contributed by atoms with E-state index in [0.717, 1.165) is 24.5 Å². The van der Waals surface area contributed by atoms with Crippen molar-refractivity contribution < 1.29 is 24.2 Å². The first-order chi connectivity index (χ1) is 11.6. The SMILES string of the molecule is CC(C)=CCC(=O)C(C)CCCC1(C)OCC(=CC(=O)O)CCC1=O. The van der Waals surface area contributed by atoms with Crippen molar-refractivity contribution in [1.29, 1.82) is 0 Å². The molecular weight excluding hydrogens is 320 g/mol. The first kappa shape index (κ1) is 21.3. The first-order valence-electron chi connectivity index (χ1n) is 8.90. The van der Waals surface area contributed by atoms with Crippen LogP contribution in [0.3, 0.4) is 0 Å². The van der Waals surface area contributed by atoms with E-state index in [9.17, 15) is 14.4 Å². The van der Waals surface area contributed by atoms with Gasteiger partial charge in [-0.25, -0.2) is 4.79 Å². The second-order valence-corrected chi connectivity index (χ2v) is 7.33. The summed E-state index contributed by atoms with van der Waals surface area (Å²) in [6.45, 7) is 7.81. The van der Waals surface area contributed by atoms with E-state index in [1.807, 2.05) is 26.8 Å². The zero-order chi connectivity index (χ0) is 19.0. The number of hydrogen-bond donors (Lipinski definition) is 1. The fraction of sp³-hybridized carbons (Fsp3) is 0.650. The van der Waals surface area contributed by atoms with Gasteiger partial charge in [0.05, 0.1) is 6.61 Å². The molecule has 1 rings (SSSR count). The molecule has 0 aromatic heterocycles. The Hall–Kier alpha value is -1.75. The Labute approximate surface area is 150 Å². The predicted octanol–water partition coefficient (Wildman–Crippen LogP) is 3.87. The van der Waals surface area contributed by atoms with Crippen molar-refractivity contribution in [1.82, 2.24) is 0 Å². The number of rotatable bonds is 8. The van der Waals surface area contributed by atoms with Crippen molar-refractivity contribution in [3.63, 3.8) is 0 Å². The Morgan fingerprint density at radius 2 is 2.00 bits per heavy atom. The van der Waals surface area contributed by atoms with Gasteiger partial charge >= 0.3 is 5.97 Å². The van der Waals surface area contributed by atoms with Gasteiger partial charge < -0.3 is 9.84 Å². The third-order valence-electron chi connectivity index (χ3n) is 4.72. The highest BCUT2D eigenvalue weighted by Crippen LogP contribution is 2.29. The number of ether oxygens (including phenoxy) is 1. The molecule has 0 aliphatic carbocycles. The highest BCUT2D eigenvalue weighted by atomic mass is 16.5. The lowest BCUT2D eigenvalue weighted by Crippen LogP contribution is -2.37. The van der Waals surface area contributed by atoms with Crippen LogP contribution < -0.4 is 0 Å². The molecule has 0 radical (unpaired) electrons. The van der Waals surface area contributed by atoms with E-state index in [4.69, 9.17) is 9.84 Å². The summed E-state index contributed by atoms with van der Waals surface area (Å²) in [6.07, 6.45) is 6.24. The first-order valence-corrected chi connectivity index (χ1v) is 8.90. The van der Waals surface area contributed by atoms with E-state index in [2.05, 4.69) is 0 Å². The quantitative estimate of drug-likeness (QED) is 0.531. The van der Waals surface area contributed by atoms with Crippen LogP contribution in [0.25, 0.3) is 0 Å². The smallest absolute Gasteiger partial charge is 0.328 e. The van der Waals surface area contributed by atoms with Gasteiger partial charge in [0.2, 0.25) is 0 Å². The summed E-state index contributed by atoms with van der Waals surface area (Å²) in [7, 11) is 0. The molecule has 0 bridgehead atoms. The van der Waals surface area contributed by atoms with E-state index in [-0.39, 0.29) is 24.1 Å². The zero-order valence-corrected chi connectivity index (χ0v) is 15.8. The molecule has 2 unspecified atom stereocenters. The topological polar surface area (TPSA) is 80.7 Å². The molecule has 25 heavy (non-hydrogen) atoms. The molecule has 1 N–H and O–H groups in total. The maximum absolute atomic E-state index is 12.4. The average Bonchev–Trinajstić information content (AvgIpc) is 2.66. The summed E-state index contributed by atoms with van der Waals surface area (Å²) in [5.41, 5.74) is 0.877. The van der Waals surface area contributed by atoms with E-state index in [0.29, 0.717) is 31.3 Å². The third-order valence-corrected chi connectivity index (χ3v) is 4.72. The van der Waals surface area contributed by atoms with Gasteiger partial charge in [0.1, 0.15) is 11.4 Å². The molecule has 1 fully saturated rings. The maximum Gasteiger partial charge on any atom is 0.328 e. The summed E-state index contributed by atoms with van der Waals surface area (Å²) < 4.78 is 5.76. The number of ketones is 2. The Morgan fingerprint density at radius 3 is 2.60 bits per heavy atom. The van der Waals surface area contributed by atoms with Crippen LogP contribution >= 0.6 is 0 Å². The van der Waals surface area contributed by atoms with Crippen molar-refractivity contribution in [2.24, 2.45) is 5.92 Å². The Balaban J connectivity index is 2.54. The van der Waals surface area contributed by atoms with E-state index in [1.165, 1.54) is 0 Å². The van der Waals surface area contributed by atoms with Crippen molar-refractivity contribution in [2.45, 2.75) is 71.8 Å². The van der Waals surface area contributed by atoms with Gasteiger partial charge in [0.25, 0.3) is 0 Å². The molecule has 5 heteroatoms. The Bertz CT molecular complexity index is 569. The lowest BCUT2D eigenvalue weighted by atomic mass is 9.88. The fourth-order valence-corrected chi connectivity index (χ4v) is 2.86. The highest BCUT2D eigenvalue weighted by molar-refractivity contribution is 5.88. The summed E-state index contributed by atoms with van der Waals surface area (Å²) in [5, 5.41) is 8.83. The number of aliphatic carboxylic acids is 1. The molecule has 0 aromatic rings. The van der Waals surface area contributed by atoms with Crippen LogP contribution in [0, 0.1) is 5.92 Å². The number of allylic oxidation sites excluding steroid dienone is 2. The minimum atomic E-state index is -1.02. The van der Waals surface area contributed by atoms with Crippen molar-refractivity contribution >= 4 is 17.5 Å². The molecule has 2 atom stereocenters. The molecule has 0 saturated carbocycles. The molecule has 140 valence electrons. The standard InChI is InChI=1S/C20H30O5/c1-14(2)7-9-17(21)15(3)6-5-11-20(4)18(22)10-8-16(13-25-20)12-19(23)24/h7,12,15H,5-6,8-11,13H2,1-4H3,(H,23,24). The molecule has 5 nitrogen and oxygen atoms in total. The third kappa shape index (κ3) is 7.34. The zero-order valence-electron chi connectivity index (χ0n) is 15.8. The monoisotopic (exact) mass is 350 g/mol. The van der Waals surface area contributed by atoms with Gasteiger partial charge in [-0.3, -0.25) is 9.59 Å². The molecule has 1 saturated heterocycles. The predicted molar refractivity (Wildman–Crippen MR) is 96.4 cm³/mol. The molecule has 1 aliphatic heterocycles. The summed E-state index contributed by atoms with van der Waals surface area (Å²) in [6, 6.07) is 0. The summed E-state index contributed by atoms with van der Waals surface area (Å²) >= 11 is 0. The van der Waals surface area contributed by atoms with Crippen LogP contribution in [0.15, 0.2) is 23.3 Å². The molecule has 1 aliphatic rings. The van der Waals surface area contributed by atoms with Crippen LogP contribution in [0.2, 0.25) is 0 Å². The number of carbonyl (C=O) groups excluding carboxylic acids is 2. The largest absolute Gasteiger partial charge is 0.478 e. The van der Waals surface area contributed by atoms with Gasteiger partial charge in [-0.2, -0.15) is 0 Å². The van der Waals surface area contributed by atoms with Crippen molar-refractivity contribution in [3.8, 4) is 0 Å². The second kappa shape index (κ2) is 9.66. The van der Waals surface area contributed by atoms with E-state index < -0.39 is 11.6 Å². The average molecular weight is 350 g/mol.